The van der Waals surface area contributed by atoms with Gasteiger partial charge in [-0.25, -0.2) is 0 Å². The van der Waals surface area contributed by atoms with Crippen molar-refractivity contribution in [3.05, 3.63) is 52.0 Å². The van der Waals surface area contributed by atoms with Crippen molar-refractivity contribution >= 4 is 33.2 Å². The summed E-state index contributed by atoms with van der Waals surface area (Å²) in [5, 5.41) is 2.84. The highest BCUT2D eigenvalue weighted by Gasteiger charge is 2.10. The molecule has 20 heavy (non-hydrogen) atoms. The van der Waals surface area contributed by atoms with Crippen molar-refractivity contribution < 1.29 is 9.53 Å². The lowest BCUT2D eigenvalue weighted by Gasteiger charge is -2.10. The smallest absolute Gasteiger partial charge is 0.256 e. The Balaban J connectivity index is 2.27. The van der Waals surface area contributed by atoms with Gasteiger partial charge in [-0.3, -0.25) is 4.79 Å². The number of anilines is 2. The molecule has 0 aliphatic heterocycles. The number of aryl methyl sites for hydroxylation is 1. The number of nitrogens with one attached hydrogen (secondary N) is 1. The number of rotatable bonds is 3. The summed E-state index contributed by atoms with van der Waals surface area (Å²) in [5.74, 6) is 0.467. The van der Waals surface area contributed by atoms with Gasteiger partial charge in [0.1, 0.15) is 5.75 Å². The number of benzene rings is 2. The molecule has 0 saturated heterocycles. The first kappa shape index (κ1) is 14.4. The second-order valence-electron chi connectivity index (χ2n) is 4.41. The molecule has 2 rings (SSSR count). The number of amides is 1. The molecule has 0 bridgehead atoms. The van der Waals surface area contributed by atoms with Crippen LogP contribution in [0.3, 0.4) is 0 Å². The van der Waals surface area contributed by atoms with E-state index in [2.05, 4.69) is 21.2 Å². The summed E-state index contributed by atoms with van der Waals surface area (Å²) in [6, 6.07) is 10.6. The van der Waals surface area contributed by atoms with Crippen molar-refractivity contribution in [2.75, 3.05) is 18.2 Å². The highest BCUT2D eigenvalue weighted by molar-refractivity contribution is 9.10. The Hall–Kier alpha value is -2.01. The molecule has 104 valence electrons. The first-order valence-electron chi connectivity index (χ1n) is 6.01. The van der Waals surface area contributed by atoms with Crippen molar-refractivity contribution in [1.29, 1.82) is 0 Å². The Bertz CT molecular complexity index is 656. The monoisotopic (exact) mass is 334 g/mol. The molecule has 0 aromatic heterocycles. The molecule has 0 fully saturated rings. The number of methoxy groups -OCH3 is 1. The maximum Gasteiger partial charge on any atom is 0.256 e. The van der Waals surface area contributed by atoms with Gasteiger partial charge < -0.3 is 15.8 Å². The number of carbonyl (C=O) groups excluding carboxylic acids is 1. The zero-order chi connectivity index (χ0) is 14.7. The molecule has 1 amide bonds. The second kappa shape index (κ2) is 5.96. The van der Waals surface area contributed by atoms with Gasteiger partial charge in [0.2, 0.25) is 0 Å². The molecule has 5 heteroatoms. The molecule has 2 aromatic carbocycles. The Labute approximate surface area is 126 Å². The molecule has 0 saturated carbocycles. The minimum Gasteiger partial charge on any atom is -0.497 e. The van der Waals surface area contributed by atoms with Crippen molar-refractivity contribution in [2.45, 2.75) is 6.92 Å². The van der Waals surface area contributed by atoms with Gasteiger partial charge in [0.15, 0.2) is 0 Å². The number of nitrogen functional groups attached to an aromatic ring is 1. The van der Waals surface area contributed by atoms with E-state index in [0.29, 0.717) is 22.7 Å². The molecule has 2 aromatic rings. The molecule has 0 aliphatic carbocycles. The fourth-order valence-corrected chi connectivity index (χ4v) is 2.31. The molecule has 0 aliphatic rings. The van der Waals surface area contributed by atoms with E-state index in [1.807, 2.05) is 25.1 Å². The topological polar surface area (TPSA) is 64.3 Å². The number of ether oxygens (including phenoxy) is 1. The zero-order valence-corrected chi connectivity index (χ0v) is 12.8. The van der Waals surface area contributed by atoms with Crippen LogP contribution < -0.4 is 15.8 Å². The van der Waals surface area contributed by atoms with Crippen LogP contribution in [0.15, 0.2) is 40.9 Å². The minimum absolute atomic E-state index is 0.199. The van der Waals surface area contributed by atoms with E-state index in [-0.39, 0.29) is 5.91 Å². The van der Waals surface area contributed by atoms with E-state index in [0.717, 1.165) is 10.0 Å². The Morgan fingerprint density at radius 1 is 1.25 bits per heavy atom. The molecule has 4 nitrogen and oxygen atoms in total. The Kier molecular flexibility index (Phi) is 4.29. The fourth-order valence-electron chi connectivity index (χ4n) is 1.84. The van der Waals surface area contributed by atoms with E-state index >= 15 is 0 Å². The SMILES string of the molecule is COc1cc(Br)cc(NC(=O)c2cc(N)ccc2C)c1. The Morgan fingerprint density at radius 2 is 2.00 bits per heavy atom. The highest BCUT2D eigenvalue weighted by Crippen LogP contribution is 2.25. The quantitative estimate of drug-likeness (QED) is 0.843. The largest absolute Gasteiger partial charge is 0.497 e. The second-order valence-corrected chi connectivity index (χ2v) is 5.32. The number of nitrogens with two attached hydrogens (primary N) is 1. The molecule has 0 spiro atoms. The van der Waals surface area contributed by atoms with Gasteiger partial charge in [-0.15, -0.1) is 0 Å². The first-order valence-corrected chi connectivity index (χ1v) is 6.81. The third-order valence-corrected chi connectivity index (χ3v) is 3.33. The fraction of sp³-hybridized carbons (Fsp3) is 0.133. The average molecular weight is 335 g/mol. The molecule has 0 atom stereocenters. The third kappa shape index (κ3) is 3.30. The summed E-state index contributed by atoms with van der Waals surface area (Å²) in [4.78, 5) is 12.3. The van der Waals surface area contributed by atoms with E-state index in [4.69, 9.17) is 10.5 Å². The first-order chi connectivity index (χ1) is 9.49. The van der Waals surface area contributed by atoms with Gasteiger partial charge in [-0.05, 0) is 36.8 Å². The average Bonchev–Trinajstić information content (AvgIpc) is 2.40. The van der Waals surface area contributed by atoms with Crippen LogP contribution in [0.25, 0.3) is 0 Å². The van der Waals surface area contributed by atoms with E-state index in [1.165, 1.54) is 0 Å². The normalized spacial score (nSPS) is 10.2. The maximum absolute atomic E-state index is 12.3. The highest BCUT2D eigenvalue weighted by atomic mass is 79.9. The lowest BCUT2D eigenvalue weighted by molar-refractivity contribution is 0.102. The summed E-state index contributed by atoms with van der Waals surface area (Å²) >= 11 is 3.37. The van der Waals surface area contributed by atoms with Crippen molar-refractivity contribution in [2.24, 2.45) is 0 Å². The van der Waals surface area contributed by atoms with Gasteiger partial charge in [0.05, 0.1) is 7.11 Å². The van der Waals surface area contributed by atoms with Crippen LogP contribution in [0.5, 0.6) is 5.75 Å². The van der Waals surface area contributed by atoms with Gasteiger partial charge >= 0.3 is 0 Å². The van der Waals surface area contributed by atoms with Crippen molar-refractivity contribution in [3.63, 3.8) is 0 Å². The number of halogens is 1. The Morgan fingerprint density at radius 3 is 2.70 bits per heavy atom. The predicted octanol–water partition coefficient (Wildman–Crippen LogP) is 3.60. The van der Waals surface area contributed by atoms with Gasteiger partial charge in [0, 0.05) is 27.5 Å². The van der Waals surface area contributed by atoms with E-state index < -0.39 is 0 Å². The number of hydrogen-bond donors (Lipinski definition) is 2. The zero-order valence-electron chi connectivity index (χ0n) is 11.2. The van der Waals surface area contributed by atoms with Crippen LogP contribution in [0.2, 0.25) is 0 Å². The van der Waals surface area contributed by atoms with Crippen LogP contribution in [-0.4, -0.2) is 13.0 Å². The molecular weight excluding hydrogens is 320 g/mol. The lowest BCUT2D eigenvalue weighted by Crippen LogP contribution is -2.13. The standard InChI is InChI=1S/C15H15BrN2O2/c1-9-3-4-11(17)7-14(9)15(19)18-12-5-10(16)6-13(8-12)20-2/h3-8H,17H2,1-2H3,(H,18,19). The molecule has 0 heterocycles. The molecule has 0 radical (unpaired) electrons. The van der Waals surface area contributed by atoms with Gasteiger partial charge in [0.25, 0.3) is 5.91 Å². The van der Waals surface area contributed by atoms with Crippen LogP contribution in [0.1, 0.15) is 15.9 Å². The van der Waals surface area contributed by atoms with Crippen LogP contribution in [-0.2, 0) is 0 Å². The summed E-state index contributed by atoms with van der Waals surface area (Å²) in [7, 11) is 1.58. The molecule has 0 unspecified atom stereocenters. The van der Waals surface area contributed by atoms with Crippen LogP contribution >= 0.6 is 15.9 Å². The number of carbonyl (C=O) groups is 1. The summed E-state index contributed by atoms with van der Waals surface area (Å²) < 4.78 is 5.99. The molecule has 3 N–H and O–H groups in total. The number of hydrogen-bond acceptors (Lipinski definition) is 3. The minimum atomic E-state index is -0.199. The summed E-state index contributed by atoms with van der Waals surface area (Å²) in [5.41, 5.74) is 8.37. The summed E-state index contributed by atoms with van der Waals surface area (Å²) in [6.45, 7) is 1.87. The third-order valence-electron chi connectivity index (χ3n) is 2.87. The lowest BCUT2D eigenvalue weighted by atomic mass is 10.1. The molecular formula is C15H15BrN2O2. The van der Waals surface area contributed by atoms with E-state index in [1.54, 1.807) is 25.3 Å². The summed E-state index contributed by atoms with van der Waals surface area (Å²) in [6.07, 6.45) is 0. The maximum atomic E-state index is 12.3. The van der Waals surface area contributed by atoms with Crippen molar-refractivity contribution in [1.82, 2.24) is 0 Å². The predicted molar refractivity (Wildman–Crippen MR) is 84.2 cm³/mol. The van der Waals surface area contributed by atoms with Gasteiger partial charge in [-0.2, -0.15) is 0 Å². The van der Waals surface area contributed by atoms with E-state index in [9.17, 15) is 4.79 Å². The van der Waals surface area contributed by atoms with Crippen LogP contribution in [0.4, 0.5) is 11.4 Å². The van der Waals surface area contributed by atoms with Crippen LogP contribution in [0, 0.1) is 6.92 Å². The van der Waals surface area contributed by atoms with Crippen molar-refractivity contribution in [3.8, 4) is 5.75 Å². The van der Waals surface area contributed by atoms with Gasteiger partial charge in [-0.1, -0.05) is 22.0 Å².